The van der Waals surface area contributed by atoms with Gasteiger partial charge in [-0.15, -0.1) is 0 Å². The number of ether oxygens (including phenoxy) is 1. The van der Waals surface area contributed by atoms with Gasteiger partial charge in [-0.3, -0.25) is 0 Å². The second-order valence-corrected chi connectivity index (χ2v) is 5.08. The van der Waals surface area contributed by atoms with Crippen molar-refractivity contribution in [3.8, 4) is 5.75 Å². The minimum absolute atomic E-state index is 0.0788. The third-order valence-electron chi connectivity index (χ3n) is 3.04. The summed E-state index contributed by atoms with van der Waals surface area (Å²) >= 11 is 0. The summed E-state index contributed by atoms with van der Waals surface area (Å²) in [7, 11) is 0. The largest absolute Gasteiger partial charge is 0.483 e. The summed E-state index contributed by atoms with van der Waals surface area (Å²) in [6.45, 7) is -1.72. The van der Waals surface area contributed by atoms with Crippen molar-refractivity contribution in [3.63, 3.8) is 0 Å². The summed E-state index contributed by atoms with van der Waals surface area (Å²) in [6.07, 6.45) is -9.54. The van der Waals surface area contributed by atoms with Crippen molar-refractivity contribution in [1.82, 2.24) is 5.43 Å². The van der Waals surface area contributed by atoms with Gasteiger partial charge in [0, 0.05) is 12.2 Å². The Bertz CT molecular complexity index is 685. The van der Waals surface area contributed by atoms with E-state index in [9.17, 15) is 26.3 Å². The van der Waals surface area contributed by atoms with Gasteiger partial charge in [-0.1, -0.05) is 24.3 Å². The molecular formula is C16H14F6N2O. The second-order valence-electron chi connectivity index (χ2n) is 5.08. The van der Waals surface area contributed by atoms with Crippen molar-refractivity contribution >= 4 is 5.69 Å². The third-order valence-corrected chi connectivity index (χ3v) is 3.04. The molecule has 3 nitrogen and oxygen atoms in total. The van der Waals surface area contributed by atoms with Crippen LogP contribution in [0.1, 0.15) is 11.1 Å². The molecule has 2 aromatic rings. The molecule has 0 atom stereocenters. The number of anilines is 1. The monoisotopic (exact) mass is 364 g/mol. The molecule has 0 bridgehead atoms. The molecule has 0 aliphatic rings. The highest BCUT2D eigenvalue weighted by atomic mass is 19.4. The molecule has 2 rings (SSSR count). The summed E-state index contributed by atoms with van der Waals surface area (Å²) in [5, 5.41) is 0. The molecule has 0 saturated heterocycles. The van der Waals surface area contributed by atoms with E-state index < -0.39 is 30.3 Å². The fourth-order valence-electron chi connectivity index (χ4n) is 1.96. The van der Waals surface area contributed by atoms with E-state index in [4.69, 9.17) is 0 Å². The van der Waals surface area contributed by atoms with Crippen molar-refractivity contribution < 1.29 is 31.1 Å². The third kappa shape index (κ3) is 6.18. The van der Waals surface area contributed by atoms with Gasteiger partial charge in [-0.2, -0.15) is 26.3 Å². The normalized spacial score (nSPS) is 12.1. The molecule has 25 heavy (non-hydrogen) atoms. The maximum absolute atomic E-state index is 12.9. The molecule has 0 fully saturated rings. The van der Waals surface area contributed by atoms with Crippen molar-refractivity contribution in [2.45, 2.75) is 18.9 Å². The molecule has 9 heteroatoms. The zero-order chi connectivity index (χ0) is 18.5. The van der Waals surface area contributed by atoms with Gasteiger partial charge >= 0.3 is 12.4 Å². The van der Waals surface area contributed by atoms with Crippen molar-refractivity contribution in [1.29, 1.82) is 0 Å². The Morgan fingerprint density at radius 1 is 0.880 bits per heavy atom. The topological polar surface area (TPSA) is 33.3 Å². The van der Waals surface area contributed by atoms with E-state index >= 15 is 0 Å². The molecule has 2 aromatic carbocycles. The predicted molar refractivity (Wildman–Crippen MR) is 79.9 cm³/mol. The Morgan fingerprint density at radius 3 is 2.16 bits per heavy atom. The lowest BCUT2D eigenvalue weighted by molar-refractivity contribution is -0.158. The van der Waals surface area contributed by atoms with Gasteiger partial charge in [0.25, 0.3) is 0 Å². The van der Waals surface area contributed by atoms with E-state index in [-0.39, 0.29) is 6.54 Å². The minimum atomic E-state index is -4.81. The highest BCUT2D eigenvalue weighted by molar-refractivity contribution is 5.42. The number of alkyl halides is 6. The molecule has 0 aromatic heterocycles. The van der Waals surface area contributed by atoms with Gasteiger partial charge in [0.15, 0.2) is 6.61 Å². The van der Waals surface area contributed by atoms with Crippen LogP contribution in [0.15, 0.2) is 48.5 Å². The number of halogens is 6. The smallest absolute Gasteiger partial charge is 0.422 e. The molecular weight excluding hydrogens is 350 g/mol. The van der Waals surface area contributed by atoms with Crippen LogP contribution in [0, 0.1) is 0 Å². The number of nitrogens with one attached hydrogen (secondary N) is 2. The Labute approximate surface area is 139 Å². The Hall–Kier alpha value is -2.42. The Kier molecular flexibility index (Phi) is 5.78. The molecule has 0 heterocycles. The van der Waals surface area contributed by atoms with Crippen LogP contribution in [0.3, 0.4) is 0 Å². The van der Waals surface area contributed by atoms with Gasteiger partial charge in [0.05, 0.1) is 5.56 Å². The summed E-state index contributed by atoms with van der Waals surface area (Å²) in [5.41, 5.74) is 5.39. The molecule has 0 unspecified atom stereocenters. The van der Waals surface area contributed by atoms with Gasteiger partial charge in [-0.25, -0.2) is 5.43 Å². The average Bonchev–Trinajstić information content (AvgIpc) is 2.52. The Morgan fingerprint density at radius 2 is 1.56 bits per heavy atom. The number of hydrogen-bond acceptors (Lipinski definition) is 3. The molecule has 0 amide bonds. The quantitative estimate of drug-likeness (QED) is 0.573. The highest BCUT2D eigenvalue weighted by Crippen LogP contribution is 2.37. The van der Waals surface area contributed by atoms with Crippen LogP contribution < -0.4 is 15.6 Å². The van der Waals surface area contributed by atoms with Crippen LogP contribution in [-0.2, 0) is 12.7 Å². The lowest BCUT2D eigenvalue weighted by atomic mass is 10.1. The van der Waals surface area contributed by atoms with E-state index in [2.05, 4.69) is 15.6 Å². The summed E-state index contributed by atoms with van der Waals surface area (Å²) in [4.78, 5) is 0. The SMILES string of the molecule is FC(F)(F)COc1cc(CNNc2ccccc2)ccc1C(F)(F)F. The molecule has 0 aliphatic heterocycles. The van der Waals surface area contributed by atoms with Crippen molar-refractivity contribution in [2.24, 2.45) is 0 Å². The number of rotatable bonds is 6. The zero-order valence-electron chi connectivity index (χ0n) is 12.7. The first-order valence-corrected chi connectivity index (χ1v) is 7.09. The number of para-hydroxylation sites is 1. The van der Waals surface area contributed by atoms with E-state index in [0.717, 1.165) is 11.8 Å². The van der Waals surface area contributed by atoms with E-state index in [1.807, 2.05) is 6.07 Å². The Balaban J connectivity index is 2.08. The lowest BCUT2D eigenvalue weighted by Gasteiger charge is -2.17. The average molecular weight is 364 g/mol. The summed E-state index contributed by atoms with van der Waals surface area (Å²) in [5.74, 6) is -0.858. The number of hydrazine groups is 1. The predicted octanol–water partition coefficient (Wildman–Crippen LogP) is 4.76. The van der Waals surface area contributed by atoms with Crippen LogP contribution in [0.25, 0.3) is 0 Å². The van der Waals surface area contributed by atoms with Crippen LogP contribution >= 0.6 is 0 Å². The first-order chi connectivity index (χ1) is 11.6. The van der Waals surface area contributed by atoms with Crippen LogP contribution in [0.2, 0.25) is 0 Å². The van der Waals surface area contributed by atoms with Gasteiger partial charge < -0.3 is 10.2 Å². The van der Waals surface area contributed by atoms with Crippen LogP contribution in [0.4, 0.5) is 32.0 Å². The molecule has 0 aliphatic carbocycles. The fraction of sp³-hybridized carbons (Fsp3) is 0.250. The van der Waals surface area contributed by atoms with Crippen LogP contribution in [-0.4, -0.2) is 12.8 Å². The number of hydrogen-bond donors (Lipinski definition) is 2. The molecule has 0 spiro atoms. The van der Waals surface area contributed by atoms with Crippen LogP contribution in [0.5, 0.6) is 5.75 Å². The molecule has 0 radical (unpaired) electrons. The van der Waals surface area contributed by atoms with Crippen molar-refractivity contribution in [3.05, 3.63) is 59.7 Å². The molecule has 2 N–H and O–H groups in total. The van der Waals surface area contributed by atoms with Crippen molar-refractivity contribution in [2.75, 3.05) is 12.0 Å². The lowest BCUT2D eigenvalue weighted by Crippen LogP contribution is -2.22. The molecule has 0 saturated carbocycles. The van der Waals surface area contributed by atoms with E-state index in [1.54, 1.807) is 24.3 Å². The van der Waals surface area contributed by atoms with E-state index in [0.29, 0.717) is 11.6 Å². The first-order valence-electron chi connectivity index (χ1n) is 7.09. The minimum Gasteiger partial charge on any atom is -0.483 e. The first kappa shape index (κ1) is 18.9. The summed E-state index contributed by atoms with van der Waals surface area (Å²) < 4.78 is 79.7. The maximum atomic E-state index is 12.9. The van der Waals surface area contributed by atoms with Gasteiger partial charge in [0.2, 0.25) is 0 Å². The number of benzene rings is 2. The maximum Gasteiger partial charge on any atom is 0.422 e. The molecule has 136 valence electrons. The van der Waals surface area contributed by atoms with Gasteiger partial charge in [0.1, 0.15) is 5.75 Å². The van der Waals surface area contributed by atoms with E-state index in [1.165, 1.54) is 6.07 Å². The standard InChI is InChI=1S/C16H14F6N2O/c17-15(18,19)10-25-14-8-11(6-7-13(14)16(20,21)22)9-23-24-12-4-2-1-3-5-12/h1-8,23-24H,9-10H2. The highest BCUT2D eigenvalue weighted by Gasteiger charge is 2.36. The zero-order valence-corrected chi connectivity index (χ0v) is 12.7. The summed E-state index contributed by atoms with van der Waals surface area (Å²) in [6, 6.07) is 11.7. The second kappa shape index (κ2) is 7.64. The fourth-order valence-corrected chi connectivity index (χ4v) is 1.96. The van der Waals surface area contributed by atoms with Gasteiger partial charge in [-0.05, 0) is 29.8 Å².